The molecule has 21 heavy (non-hydrogen) atoms. The number of amides is 1. The fraction of sp³-hybridized carbons (Fsp3) is 0.188. The lowest BCUT2D eigenvalue weighted by Crippen LogP contribution is -2.30. The topological polar surface area (TPSA) is 41.1 Å². The lowest BCUT2D eigenvalue weighted by molar-refractivity contribution is -0.115. The van der Waals surface area contributed by atoms with E-state index in [9.17, 15) is 13.6 Å². The number of benzene rings is 2. The van der Waals surface area contributed by atoms with Crippen LogP contribution in [0.1, 0.15) is 18.5 Å². The van der Waals surface area contributed by atoms with Crippen LogP contribution in [0.25, 0.3) is 0 Å². The Labute approximate surface area is 122 Å². The van der Waals surface area contributed by atoms with Gasteiger partial charge in [0.2, 0.25) is 5.91 Å². The van der Waals surface area contributed by atoms with Crippen molar-refractivity contribution in [3.05, 3.63) is 65.7 Å². The molecule has 0 saturated heterocycles. The monoisotopic (exact) mass is 290 g/mol. The Balaban J connectivity index is 1.86. The van der Waals surface area contributed by atoms with Gasteiger partial charge in [0.1, 0.15) is 11.6 Å². The second kappa shape index (κ2) is 6.95. The summed E-state index contributed by atoms with van der Waals surface area (Å²) in [4.78, 5) is 11.8. The van der Waals surface area contributed by atoms with E-state index in [1.807, 2.05) is 6.92 Å². The molecule has 3 nitrogen and oxygen atoms in total. The van der Waals surface area contributed by atoms with Crippen molar-refractivity contribution in [1.29, 1.82) is 0 Å². The summed E-state index contributed by atoms with van der Waals surface area (Å²) in [5, 5.41) is 5.49. The van der Waals surface area contributed by atoms with Crippen molar-refractivity contribution in [2.24, 2.45) is 0 Å². The third kappa shape index (κ3) is 4.36. The minimum Gasteiger partial charge on any atom is -0.322 e. The first-order valence-corrected chi connectivity index (χ1v) is 6.59. The van der Waals surface area contributed by atoms with E-state index in [2.05, 4.69) is 10.6 Å². The van der Waals surface area contributed by atoms with Crippen molar-refractivity contribution in [3.8, 4) is 0 Å². The highest BCUT2D eigenvalue weighted by atomic mass is 19.1. The Morgan fingerprint density at radius 3 is 2.43 bits per heavy atom. The number of para-hydroxylation sites is 1. The van der Waals surface area contributed by atoms with Gasteiger partial charge in [-0.15, -0.1) is 0 Å². The van der Waals surface area contributed by atoms with Gasteiger partial charge in [-0.2, -0.15) is 0 Å². The minimum absolute atomic E-state index is 0.0346. The first kappa shape index (κ1) is 15.1. The molecule has 0 fully saturated rings. The second-order valence-corrected chi connectivity index (χ2v) is 4.68. The Morgan fingerprint density at radius 2 is 1.76 bits per heavy atom. The Morgan fingerprint density at radius 1 is 1.10 bits per heavy atom. The molecule has 110 valence electrons. The Bertz CT molecular complexity index is 614. The van der Waals surface area contributed by atoms with Gasteiger partial charge in [-0.3, -0.25) is 4.79 Å². The predicted octanol–water partition coefficient (Wildman–Crippen LogP) is 3.25. The van der Waals surface area contributed by atoms with Crippen LogP contribution in [0.15, 0.2) is 48.5 Å². The molecule has 0 aromatic heterocycles. The number of carbonyl (C=O) groups excluding carboxylic acids is 1. The maximum absolute atomic E-state index is 13.4. The molecule has 2 rings (SSSR count). The largest absolute Gasteiger partial charge is 0.322 e. The van der Waals surface area contributed by atoms with Gasteiger partial charge in [-0.1, -0.05) is 24.3 Å². The average Bonchev–Trinajstić information content (AvgIpc) is 2.48. The number of nitrogens with one attached hydrogen (secondary N) is 2. The summed E-state index contributed by atoms with van der Waals surface area (Å²) in [7, 11) is 0. The molecule has 0 spiro atoms. The van der Waals surface area contributed by atoms with E-state index in [1.54, 1.807) is 24.3 Å². The van der Waals surface area contributed by atoms with Crippen LogP contribution >= 0.6 is 0 Å². The molecule has 0 aliphatic heterocycles. The van der Waals surface area contributed by atoms with Gasteiger partial charge in [-0.05, 0) is 36.8 Å². The van der Waals surface area contributed by atoms with E-state index >= 15 is 0 Å². The first-order chi connectivity index (χ1) is 10.1. The van der Waals surface area contributed by atoms with Crippen molar-refractivity contribution in [2.45, 2.75) is 13.0 Å². The maximum atomic E-state index is 13.4. The molecule has 5 heteroatoms. The minimum atomic E-state index is -0.475. The number of hydrogen-bond acceptors (Lipinski definition) is 2. The zero-order valence-corrected chi connectivity index (χ0v) is 11.6. The fourth-order valence-electron chi connectivity index (χ4n) is 1.87. The van der Waals surface area contributed by atoms with Gasteiger partial charge in [0.25, 0.3) is 0 Å². The normalized spacial score (nSPS) is 12.0. The molecule has 0 aliphatic carbocycles. The van der Waals surface area contributed by atoms with E-state index in [0.29, 0.717) is 0 Å². The van der Waals surface area contributed by atoms with Gasteiger partial charge in [0, 0.05) is 6.04 Å². The Hall–Kier alpha value is -2.27. The van der Waals surface area contributed by atoms with Crippen LogP contribution in [0, 0.1) is 11.6 Å². The number of halogens is 2. The van der Waals surface area contributed by atoms with Crippen LogP contribution in [0.3, 0.4) is 0 Å². The van der Waals surface area contributed by atoms with E-state index in [-0.39, 0.29) is 30.0 Å². The second-order valence-electron chi connectivity index (χ2n) is 4.68. The van der Waals surface area contributed by atoms with Crippen LogP contribution in [-0.4, -0.2) is 12.5 Å². The van der Waals surface area contributed by atoms with Gasteiger partial charge in [0.05, 0.1) is 12.2 Å². The molecule has 2 aromatic rings. The lowest BCUT2D eigenvalue weighted by Gasteiger charge is -2.14. The lowest BCUT2D eigenvalue weighted by atomic mass is 10.1. The highest BCUT2D eigenvalue weighted by Crippen LogP contribution is 2.14. The van der Waals surface area contributed by atoms with Crippen LogP contribution in [0.4, 0.5) is 14.5 Å². The van der Waals surface area contributed by atoms with Crippen LogP contribution < -0.4 is 10.6 Å². The Kier molecular flexibility index (Phi) is 5.00. The molecule has 2 N–H and O–H groups in total. The van der Waals surface area contributed by atoms with Gasteiger partial charge in [-0.25, -0.2) is 8.78 Å². The first-order valence-electron chi connectivity index (χ1n) is 6.59. The van der Waals surface area contributed by atoms with Crippen molar-refractivity contribution < 1.29 is 13.6 Å². The van der Waals surface area contributed by atoms with Crippen LogP contribution in [-0.2, 0) is 4.79 Å². The third-order valence-electron chi connectivity index (χ3n) is 3.09. The molecule has 0 saturated carbocycles. The van der Waals surface area contributed by atoms with Crippen molar-refractivity contribution in [3.63, 3.8) is 0 Å². The zero-order chi connectivity index (χ0) is 15.2. The fourth-order valence-corrected chi connectivity index (χ4v) is 1.87. The molecule has 1 atom stereocenters. The van der Waals surface area contributed by atoms with E-state index < -0.39 is 5.82 Å². The highest BCUT2D eigenvalue weighted by Gasteiger charge is 2.09. The molecular formula is C16H16F2N2O. The molecule has 0 heterocycles. The highest BCUT2D eigenvalue weighted by molar-refractivity contribution is 5.92. The SMILES string of the molecule is C[C@@H](NCC(=O)Nc1ccccc1F)c1ccc(F)cc1. The predicted molar refractivity (Wildman–Crippen MR) is 77.8 cm³/mol. The molecule has 0 unspecified atom stereocenters. The maximum Gasteiger partial charge on any atom is 0.238 e. The standard InChI is InChI=1S/C16H16F2N2O/c1-11(12-6-8-13(17)9-7-12)19-10-16(21)20-15-5-3-2-4-14(15)18/h2-9,11,19H,10H2,1H3,(H,20,21)/t11-/m1/s1. The van der Waals surface area contributed by atoms with E-state index in [1.165, 1.54) is 24.3 Å². The zero-order valence-electron chi connectivity index (χ0n) is 11.6. The van der Waals surface area contributed by atoms with Crippen molar-refractivity contribution in [2.75, 3.05) is 11.9 Å². The number of anilines is 1. The summed E-state index contributed by atoms with van der Waals surface area (Å²) in [6.45, 7) is 1.90. The quantitative estimate of drug-likeness (QED) is 0.887. The number of rotatable bonds is 5. The summed E-state index contributed by atoms with van der Waals surface area (Å²) >= 11 is 0. The molecule has 1 amide bonds. The van der Waals surface area contributed by atoms with Crippen LogP contribution in [0.5, 0.6) is 0 Å². The van der Waals surface area contributed by atoms with E-state index in [0.717, 1.165) is 5.56 Å². The molecule has 0 bridgehead atoms. The molecule has 0 aliphatic rings. The summed E-state index contributed by atoms with van der Waals surface area (Å²) in [5.41, 5.74) is 1.02. The molecule has 0 radical (unpaired) electrons. The summed E-state index contributed by atoms with van der Waals surface area (Å²) in [6.07, 6.45) is 0. The van der Waals surface area contributed by atoms with Crippen molar-refractivity contribution >= 4 is 11.6 Å². The van der Waals surface area contributed by atoms with Gasteiger partial charge < -0.3 is 10.6 Å². The third-order valence-corrected chi connectivity index (χ3v) is 3.09. The average molecular weight is 290 g/mol. The van der Waals surface area contributed by atoms with Gasteiger partial charge >= 0.3 is 0 Å². The summed E-state index contributed by atoms with van der Waals surface area (Å²) in [6, 6.07) is 11.9. The number of carbonyl (C=O) groups is 1. The van der Waals surface area contributed by atoms with Gasteiger partial charge in [0.15, 0.2) is 0 Å². The molecular weight excluding hydrogens is 274 g/mol. The summed E-state index contributed by atoms with van der Waals surface area (Å²) < 4.78 is 26.2. The molecule has 2 aromatic carbocycles. The smallest absolute Gasteiger partial charge is 0.238 e. The van der Waals surface area contributed by atoms with Crippen LogP contribution in [0.2, 0.25) is 0 Å². The van der Waals surface area contributed by atoms with E-state index in [4.69, 9.17) is 0 Å². The number of hydrogen-bond donors (Lipinski definition) is 2. The summed E-state index contributed by atoms with van der Waals surface area (Å²) in [5.74, 6) is -1.12. The van der Waals surface area contributed by atoms with Crippen molar-refractivity contribution in [1.82, 2.24) is 5.32 Å².